The number of halogens is 1. The quantitative estimate of drug-likeness (QED) is 0.638. The third-order valence-electron chi connectivity index (χ3n) is 5.45. The molecule has 1 atom stereocenters. The molecule has 0 bridgehead atoms. The molecule has 3 rings (SSSR count). The van der Waals surface area contributed by atoms with Gasteiger partial charge in [0, 0.05) is 30.8 Å². The molecule has 1 heterocycles. The van der Waals surface area contributed by atoms with Gasteiger partial charge in [-0.3, -0.25) is 4.79 Å². The Labute approximate surface area is 177 Å². The summed E-state index contributed by atoms with van der Waals surface area (Å²) in [7, 11) is 0. The van der Waals surface area contributed by atoms with Crippen LogP contribution in [0, 0.1) is 12.7 Å². The lowest BCUT2D eigenvalue weighted by Gasteiger charge is -2.34. The lowest BCUT2D eigenvalue weighted by molar-refractivity contribution is -0.121. The van der Waals surface area contributed by atoms with E-state index in [9.17, 15) is 14.3 Å². The molecule has 2 aromatic rings. The predicted molar refractivity (Wildman–Crippen MR) is 116 cm³/mol. The molecule has 0 aliphatic carbocycles. The fourth-order valence-electron chi connectivity index (χ4n) is 3.79. The van der Waals surface area contributed by atoms with E-state index in [1.54, 1.807) is 6.07 Å². The lowest BCUT2D eigenvalue weighted by atomic mass is 10.0. The Bertz CT molecular complexity index is 850. The first-order chi connectivity index (χ1) is 14.4. The van der Waals surface area contributed by atoms with Gasteiger partial charge >= 0.3 is 0 Å². The van der Waals surface area contributed by atoms with Gasteiger partial charge in [0.15, 0.2) is 0 Å². The van der Waals surface area contributed by atoms with Crippen molar-refractivity contribution in [3.8, 4) is 5.75 Å². The van der Waals surface area contributed by atoms with E-state index >= 15 is 0 Å². The van der Waals surface area contributed by atoms with Crippen molar-refractivity contribution in [2.45, 2.75) is 51.7 Å². The summed E-state index contributed by atoms with van der Waals surface area (Å²) in [5.74, 6) is 0.401. The third kappa shape index (κ3) is 6.20. The van der Waals surface area contributed by atoms with Crippen molar-refractivity contribution < 1.29 is 19.0 Å². The molecule has 0 radical (unpaired) electrons. The Morgan fingerprint density at radius 2 is 2.03 bits per heavy atom. The van der Waals surface area contributed by atoms with Gasteiger partial charge in [-0.1, -0.05) is 12.1 Å². The van der Waals surface area contributed by atoms with E-state index in [-0.39, 0.29) is 23.9 Å². The number of carbonyl (C=O) groups is 1. The highest BCUT2D eigenvalue weighted by molar-refractivity contribution is 5.76. The second kappa shape index (κ2) is 10.4. The van der Waals surface area contributed by atoms with Crippen molar-refractivity contribution in [2.24, 2.45) is 0 Å². The van der Waals surface area contributed by atoms with E-state index in [2.05, 4.69) is 10.2 Å². The molecule has 1 saturated heterocycles. The first-order valence-corrected chi connectivity index (χ1v) is 10.6. The third-order valence-corrected chi connectivity index (χ3v) is 5.45. The molecule has 0 aromatic heterocycles. The fraction of sp³-hybridized carbons (Fsp3) is 0.458. The van der Waals surface area contributed by atoms with Crippen molar-refractivity contribution in [1.29, 1.82) is 0 Å². The van der Waals surface area contributed by atoms with Crippen LogP contribution < -0.4 is 15.0 Å². The van der Waals surface area contributed by atoms with Gasteiger partial charge < -0.3 is 20.1 Å². The topological polar surface area (TPSA) is 61.8 Å². The van der Waals surface area contributed by atoms with Crippen molar-refractivity contribution >= 4 is 11.6 Å². The van der Waals surface area contributed by atoms with Crippen molar-refractivity contribution in [3.05, 3.63) is 59.4 Å². The molecule has 6 heteroatoms. The molecule has 0 spiro atoms. The minimum Gasteiger partial charge on any atom is -0.494 e. The highest BCUT2D eigenvalue weighted by Gasteiger charge is 2.22. The first-order valence-electron chi connectivity index (χ1n) is 10.6. The Hall–Kier alpha value is -2.60. The maximum Gasteiger partial charge on any atom is 0.220 e. The molecule has 2 N–H and O–H groups in total. The molecule has 30 heavy (non-hydrogen) atoms. The van der Waals surface area contributed by atoms with Gasteiger partial charge in [-0.2, -0.15) is 0 Å². The SMILES string of the molecule is Cc1cccc(OCCCC(=O)NC(C)c2cc(F)ccc2N2CCC(O)CC2)c1. The molecular formula is C24H31FN2O3. The number of carbonyl (C=O) groups excluding carboxylic acids is 1. The Kier molecular flexibility index (Phi) is 7.69. The summed E-state index contributed by atoms with van der Waals surface area (Å²) in [6, 6.07) is 12.2. The molecule has 1 amide bonds. The van der Waals surface area contributed by atoms with Gasteiger partial charge in [-0.05, 0) is 69.0 Å². The molecule has 5 nitrogen and oxygen atoms in total. The van der Waals surface area contributed by atoms with Crippen LogP contribution in [0.2, 0.25) is 0 Å². The molecule has 1 unspecified atom stereocenters. The smallest absolute Gasteiger partial charge is 0.220 e. The van der Waals surface area contributed by atoms with Gasteiger partial charge in [0.2, 0.25) is 5.91 Å². The average molecular weight is 415 g/mol. The molecule has 0 saturated carbocycles. The second-order valence-electron chi connectivity index (χ2n) is 7.98. The number of aliphatic hydroxyl groups is 1. The predicted octanol–water partition coefficient (Wildman–Crippen LogP) is 4.13. The number of rotatable bonds is 8. The number of anilines is 1. The van der Waals surface area contributed by atoms with Crippen LogP contribution >= 0.6 is 0 Å². The standard InChI is InChI=1S/C24H31FN2O3/c1-17-5-3-6-21(15-17)30-14-4-7-24(29)26-18(2)22-16-19(25)8-9-23(22)27-12-10-20(28)11-13-27/h3,5-6,8-9,15-16,18,20,28H,4,7,10-14H2,1-2H3,(H,26,29). The number of nitrogens with one attached hydrogen (secondary N) is 1. The molecule has 2 aromatic carbocycles. The number of amides is 1. The highest BCUT2D eigenvalue weighted by Crippen LogP contribution is 2.29. The lowest BCUT2D eigenvalue weighted by Crippen LogP contribution is -2.37. The van der Waals surface area contributed by atoms with Gasteiger partial charge in [-0.25, -0.2) is 4.39 Å². The number of ether oxygens (including phenoxy) is 1. The highest BCUT2D eigenvalue weighted by atomic mass is 19.1. The van der Waals surface area contributed by atoms with E-state index < -0.39 is 0 Å². The number of nitrogens with zero attached hydrogens (tertiary/aromatic N) is 1. The van der Waals surface area contributed by atoms with E-state index in [1.165, 1.54) is 12.1 Å². The van der Waals surface area contributed by atoms with E-state index in [1.807, 2.05) is 38.1 Å². The van der Waals surface area contributed by atoms with Crippen LogP contribution in [-0.2, 0) is 4.79 Å². The fourth-order valence-corrected chi connectivity index (χ4v) is 3.79. The summed E-state index contributed by atoms with van der Waals surface area (Å²) in [6.07, 6.45) is 2.06. The summed E-state index contributed by atoms with van der Waals surface area (Å²) in [5.41, 5.74) is 2.81. The molecule has 1 aliphatic heterocycles. The number of piperidine rings is 1. The number of hydrogen-bond donors (Lipinski definition) is 2. The maximum atomic E-state index is 13.9. The normalized spacial score (nSPS) is 15.7. The summed E-state index contributed by atoms with van der Waals surface area (Å²) >= 11 is 0. The number of aryl methyl sites for hydroxylation is 1. The minimum atomic E-state index is -0.321. The van der Waals surface area contributed by atoms with E-state index in [0.717, 1.165) is 35.7 Å². The summed E-state index contributed by atoms with van der Waals surface area (Å²) in [6.45, 7) is 5.78. The summed E-state index contributed by atoms with van der Waals surface area (Å²) in [4.78, 5) is 14.6. The van der Waals surface area contributed by atoms with E-state index in [0.29, 0.717) is 32.3 Å². The number of aliphatic hydroxyl groups excluding tert-OH is 1. The monoisotopic (exact) mass is 414 g/mol. The largest absolute Gasteiger partial charge is 0.494 e. The van der Waals surface area contributed by atoms with Crippen LogP contribution in [-0.4, -0.2) is 36.8 Å². The molecular weight excluding hydrogens is 383 g/mol. The van der Waals surface area contributed by atoms with Gasteiger partial charge in [0.05, 0.1) is 18.8 Å². The summed E-state index contributed by atoms with van der Waals surface area (Å²) in [5, 5.41) is 12.7. The van der Waals surface area contributed by atoms with Crippen LogP contribution in [0.15, 0.2) is 42.5 Å². The van der Waals surface area contributed by atoms with Crippen LogP contribution in [0.4, 0.5) is 10.1 Å². The zero-order valence-corrected chi connectivity index (χ0v) is 17.7. The number of benzene rings is 2. The molecule has 1 aliphatic rings. The van der Waals surface area contributed by atoms with Crippen molar-refractivity contribution in [3.63, 3.8) is 0 Å². The van der Waals surface area contributed by atoms with Crippen LogP contribution in [0.25, 0.3) is 0 Å². The number of hydrogen-bond acceptors (Lipinski definition) is 4. The zero-order chi connectivity index (χ0) is 21.5. The second-order valence-corrected chi connectivity index (χ2v) is 7.98. The Morgan fingerprint density at radius 1 is 1.27 bits per heavy atom. The van der Waals surface area contributed by atoms with Crippen LogP contribution in [0.3, 0.4) is 0 Å². The average Bonchev–Trinajstić information content (AvgIpc) is 2.72. The molecule has 1 fully saturated rings. The van der Waals surface area contributed by atoms with Crippen LogP contribution in [0.5, 0.6) is 5.75 Å². The Morgan fingerprint density at radius 3 is 2.77 bits per heavy atom. The van der Waals surface area contributed by atoms with Gasteiger partial charge in [0.1, 0.15) is 11.6 Å². The van der Waals surface area contributed by atoms with Gasteiger partial charge in [-0.15, -0.1) is 0 Å². The maximum absolute atomic E-state index is 13.9. The van der Waals surface area contributed by atoms with E-state index in [4.69, 9.17) is 4.74 Å². The zero-order valence-electron chi connectivity index (χ0n) is 17.7. The Balaban J connectivity index is 1.52. The molecule has 162 valence electrons. The van der Waals surface area contributed by atoms with Crippen LogP contribution in [0.1, 0.15) is 49.8 Å². The summed E-state index contributed by atoms with van der Waals surface area (Å²) < 4.78 is 19.6. The minimum absolute atomic E-state index is 0.0837. The van der Waals surface area contributed by atoms with Crippen molar-refractivity contribution in [1.82, 2.24) is 5.32 Å². The first kappa shape index (κ1) is 22.1. The van der Waals surface area contributed by atoms with Gasteiger partial charge in [0.25, 0.3) is 0 Å². The van der Waals surface area contributed by atoms with Crippen molar-refractivity contribution in [2.75, 3.05) is 24.6 Å².